The highest BCUT2D eigenvalue weighted by Gasteiger charge is 2.44. The van der Waals surface area contributed by atoms with Gasteiger partial charge in [-0.1, -0.05) is 0 Å². The van der Waals surface area contributed by atoms with Gasteiger partial charge in [0, 0.05) is 3.57 Å². The molecular formula is C19H16F3IN6O2. The van der Waals surface area contributed by atoms with E-state index >= 15 is 0 Å². The summed E-state index contributed by atoms with van der Waals surface area (Å²) < 4.78 is 43.2. The summed E-state index contributed by atoms with van der Waals surface area (Å²) in [5.74, 6) is -3.49. The lowest BCUT2D eigenvalue weighted by molar-refractivity contribution is -0.0707. The number of β-amino-alcohol motifs (C(OH)–C–C–N with tert-alkyl or cyclic N) is 1. The average Bonchev–Trinajstić information content (AvgIpc) is 3.23. The van der Waals surface area contributed by atoms with Crippen molar-refractivity contribution in [1.82, 2.24) is 20.1 Å². The fourth-order valence-electron chi connectivity index (χ4n) is 3.20. The second-order valence-corrected chi connectivity index (χ2v) is 8.34. The van der Waals surface area contributed by atoms with E-state index in [-0.39, 0.29) is 30.9 Å². The lowest BCUT2D eigenvalue weighted by Gasteiger charge is -2.46. The standard InChI is InChI=1S/C19H16F3IN6O2/c20-12-3-2-11(16(15(12)22)27-14-4-1-10(23)5-13(14)21)17(30)29-7-19(31,8-29)6-24-18-25-9-26-28-18/h1-5,9,27,31H,6-8H2,(H2,24,25,26,28). The molecule has 4 N–H and O–H groups in total. The number of hydrogen-bond acceptors (Lipinski definition) is 6. The lowest BCUT2D eigenvalue weighted by Crippen LogP contribution is -2.66. The van der Waals surface area contributed by atoms with Gasteiger partial charge < -0.3 is 20.6 Å². The van der Waals surface area contributed by atoms with E-state index in [1.807, 2.05) is 22.6 Å². The number of aromatic nitrogens is 3. The SMILES string of the molecule is O=C(c1ccc(F)c(F)c1Nc1ccc(I)cc1F)N1CC(O)(CNc2nc[nH]n2)C1. The average molecular weight is 544 g/mol. The van der Waals surface area contributed by atoms with Crippen LogP contribution < -0.4 is 10.6 Å². The number of anilines is 3. The Bertz CT molecular complexity index is 1120. The zero-order chi connectivity index (χ0) is 22.2. The van der Waals surface area contributed by atoms with Gasteiger partial charge >= 0.3 is 0 Å². The molecule has 8 nitrogen and oxygen atoms in total. The molecular weight excluding hydrogens is 528 g/mol. The van der Waals surface area contributed by atoms with Crippen molar-refractivity contribution in [2.24, 2.45) is 0 Å². The summed E-state index contributed by atoms with van der Waals surface area (Å²) in [5.41, 5.74) is -1.99. The summed E-state index contributed by atoms with van der Waals surface area (Å²) in [7, 11) is 0. The first-order valence-corrected chi connectivity index (χ1v) is 10.1. The third-order valence-electron chi connectivity index (χ3n) is 4.76. The van der Waals surface area contributed by atoms with Crippen LogP contribution in [0.15, 0.2) is 36.7 Å². The monoisotopic (exact) mass is 544 g/mol. The zero-order valence-corrected chi connectivity index (χ0v) is 18.0. The van der Waals surface area contributed by atoms with Crippen LogP contribution in [0, 0.1) is 21.0 Å². The molecule has 0 aliphatic carbocycles. The van der Waals surface area contributed by atoms with Crippen molar-refractivity contribution in [1.29, 1.82) is 0 Å². The largest absolute Gasteiger partial charge is 0.384 e. The fraction of sp³-hybridized carbons (Fsp3) is 0.211. The van der Waals surface area contributed by atoms with Crippen LogP contribution in [0.25, 0.3) is 0 Å². The second kappa shape index (κ2) is 8.34. The number of halogens is 4. The van der Waals surface area contributed by atoms with E-state index in [2.05, 4.69) is 25.8 Å². The molecule has 0 spiro atoms. The number of aromatic amines is 1. The van der Waals surface area contributed by atoms with E-state index in [4.69, 9.17) is 0 Å². The van der Waals surface area contributed by atoms with Gasteiger partial charge in [0.15, 0.2) is 11.6 Å². The third kappa shape index (κ3) is 4.44. The number of carbonyl (C=O) groups excluding carboxylic acids is 1. The number of nitrogens with zero attached hydrogens (tertiary/aromatic N) is 3. The summed E-state index contributed by atoms with van der Waals surface area (Å²) in [6.45, 7) is 0.00451. The minimum Gasteiger partial charge on any atom is -0.384 e. The van der Waals surface area contributed by atoms with Crippen LogP contribution in [0.5, 0.6) is 0 Å². The number of benzene rings is 2. The predicted molar refractivity (Wildman–Crippen MR) is 114 cm³/mol. The molecule has 1 aliphatic heterocycles. The molecule has 12 heteroatoms. The molecule has 0 bridgehead atoms. The highest BCUT2D eigenvalue weighted by atomic mass is 127. The lowest BCUT2D eigenvalue weighted by atomic mass is 9.93. The van der Waals surface area contributed by atoms with Gasteiger partial charge in [0.1, 0.15) is 17.7 Å². The quantitative estimate of drug-likeness (QED) is 0.356. The fourth-order valence-corrected chi connectivity index (χ4v) is 3.66. The van der Waals surface area contributed by atoms with Crippen LogP contribution in [0.4, 0.5) is 30.5 Å². The number of nitrogens with one attached hydrogen (secondary N) is 3. The van der Waals surface area contributed by atoms with E-state index in [0.29, 0.717) is 9.52 Å². The third-order valence-corrected chi connectivity index (χ3v) is 5.44. The van der Waals surface area contributed by atoms with Crippen LogP contribution in [0.3, 0.4) is 0 Å². The zero-order valence-electron chi connectivity index (χ0n) is 15.8. The molecule has 0 saturated carbocycles. The van der Waals surface area contributed by atoms with Gasteiger partial charge in [-0.3, -0.25) is 9.89 Å². The molecule has 1 amide bonds. The van der Waals surface area contributed by atoms with Crippen LogP contribution in [-0.4, -0.2) is 56.3 Å². The Morgan fingerprint density at radius 1 is 1.23 bits per heavy atom. The Labute approximate surface area is 188 Å². The highest BCUT2D eigenvalue weighted by molar-refractivity contribution is 14.1. The first-order chi connectivity index (χ1) is 14.8. The highest BCUT2D eigenvalue weighted by Crippen LogP contribution is 2.31. The maximum Gasteiger partial charge on any atom is 0.256 e. The van der Waals surface area contributed by atoms with Crippen molar-refractivity contribution in [3.05, 3.63) is 63.2 Å². The molecule has 2 heterocycles. The number of hydrogen-bond donors (Lipinski definition) is 4. The minimum absolute atomic E-state index is 0.0421. The smallest absolute Gasteiger partial charge is 0.256 e. The molecule has 2 aromatic carbocycles. The Balaban J connectivity index is 1.51. The van der Waals surface area contributed by atoms with Gasteiger partial charge in [-0.15, -0.1) is 5.10 Å². The maximum atomic E-state index is 14.5. The molecule has 1 aromatic heterocycles. The van der Waals surface area contributed by atoms with Crippen LogP contribution >= 0.6 is 22.6 Å². The molecule has 162 valence electrons. The molecule has 0 atom stereocenters. The van der Waals surface area contributed by atoms with E-state index < -0.39 is 34.6 Å². The summed E-state index contributed by atoms with van der Waals surface area (Å²) in [6, 6.07) is 6.12. The van der Waals surface area contributed by atoms with E-state index in [1.54, 1.807) is 6.07 Å². The van der Waals surface area contributed by atoms with Gasteiger partial charge in [-0.05, 0) is 52.9 Å². The van der Waals surface area contributed by atoms with E-state index in [1.165, 1.54) is 23.4 Å². The van der Waals surface area contributed by atoms with E-state index in [0.717, 1.165) is 12.1 Å². The summed E-state index contributed by atoms with van der Waals surface area (Å²) in [4.78, 5) is 18.1. The van der Waals surface area contributed by atoms with Crippen LogP contribution in [-0.2, 0) is 0 Å². The normalized spacial score (nSPS) is 14.8. The molecule has 1 saturated heterocycles. The summed E-state index contributed by atoms with van der Waals surface area (Å²) >= 11 is 1.92. The predicted octanol–water partition coefficient (Wildman–Crippen LogP) is 2.87. The van der Waals surface area contributed by atoms with Crippen molar-refractivity contribution >= 4 is 45.8 Å². The second-order valence-electron chi connectivity index (χ2n) is 7.09. The Kier molecular flexibility index (Phi) is 5.75. The molecule has 1 aliphatic rings. The first kappa shape index (κ1) is 21.4. The first-order valence-electron chi connectivity index (χ1n) is 9.07. The van der Waals surface area contributed by atoms with Gasteiger partial charge in [-0.2, -0.15) is 0 Å². The molecule has 0 radical (unpaired) electrons. The number of likely N-dealkylation sites (tertiary alicyclic amines) is 1. The van der Waals surface area contributed by atoms with Crippen molar-refractivity contribution in [3.63, 3.8) is 0 Å². The van der Waals surface area contributed by atoms with Crippen molar-refractivity contribution in [2.75, 3.05) is 30.3 Å². The number of rotatable bonds is 6. The summed E-state index contributed by atoms with van der Waals surface area (Å²) in [5, 5.41) is 22.2. The van der Waals surface area contributed by atoms with Gasteiger partial charge in [0.2, 0.25) is 5.95 Å². The van der Waals surface area contributed by atoms with Gasteiger partial charge in [0.25, 0.3) is 5.91 Å². The molecule has 1 fully saturated rings. The molecule has 3 aromatic rings. The van der Waals surface area contributed by atoms with Crippen molar-refractivity contribution in [3.8, 4) is 0 Å². The Hall–Kier alpha value is -2.87. The van der Waals surface area contributed by atoms with Crippen molar-refractivity contribution in [2.45, 2.75) is 5.60 Å². The molecule has 4 rings (SSSR count). The van der Waals surface area contributed by atoms with Crippen LogP contribution in [0.1, 0.15) is 10.4 Å². The Morgan fingerprint density at radius 3 is 2.68 bits per heavy atom. The Morgan fingerprint density at radius 2 is 2.00 bits per heavy atom. The number of H-pyrrole nitrogens is 1. The van der Waals surface area contributed by atoms with Gasteiger partial charge in [-0.25, -0.2) is 18.2 Å². The number of carbonyl (C=O) groups is 1. The van der Waals surface area contributed by atoms with Crippen LogP contribution in [0.2, 0.25) is 0 Å². The molecule has 0 unspecified atom stereocenters. The minimum atomic E-state index is -1.30. The van der Waals surface area contributed by atoms with Crippen molar-refractivity contribution < 1.29 is 23.1 Å². The van der Waals surface area contributed by atoms with E-state index in [9.17, 15) is 23.1 Å². The van der Waals surface area contributed by atoms with Gasteiger partial charge in [0.05, 0.1) is 36.6 Å². The topological polar surface area (TPSA) is 106 Å². The number of aliphatic hydroxyl groups is 1. The summed E-state index contributed by atoms with van der Waals surface area (Å²) in [6.07, 6.45) is 1.37. The number of amides is 1. The molecule has 31 heavy (non-hydrogen) atoms. The maximum absolute atomic E-state index is 14.5.